The van der Waals surface area contributed by atoms with Gasteiger partial charge in [0.1, 0.15) is 17.8 Å². The van der Waals surface area contributed by atoms with Crippen molar-refractivity contribution in [2.75, 3.05) is 13.1 Å². The third kappa shape index (κ3) is 5.54. The number of carbonyl (C=O) groups excluding carboxylic acids is 3. The van der Waals surface area contributed by atoms with Crippen molar-refractivity contribution in [3.63, 3.8) is 0 Å². The molecule has 2 aliphatic heterocycles. The minimum absolute atomic E-state index is 0.0146. The molecule has 188 valence electrons. The summed E-state index contributed by atoms with van der Waals surface area (Å²) in [5.74, 6) is -1.07. The first-order valence-electron chi connectivity index (χ1n) is 11.4. The smallest absolute Gasteiger partial charge is 0.415 e. The summed E-state index contributed by atoms with van der Waals surface area (Å²) in [5.41, 5.74) is 0.380. The molecule has 0 radical (unpaired) electrons. The molecule has 0 saturated carbocycles. The van der Waals surface area contributed by atoms with E-state index in [4.69, 9.17) is 9.15 Å². The lowest BCUT2D eigenvalue weighted by atomic mass is 10.0. The summed E-state index contributed by atoms with van der Waals surface area (Å²) < 4.78 is 37.4. The average molecular weight is 505 g/mol. The quantitative estimate of drug-likeness (QED) is 0.571. The van der Waals surface area contributed by atoms with E-state index in [-0.39, 0.29) is 36.5 Å². The van der Waals surface area contributed by atoms with Crippen LogP contribution in [0.3, 0.4) is 0 Å². The number of ether oxygens (including phenoxy) is 1. The van der Waals surface area contributed by atoms with Crippen molar-refractivity contribution in [1.29, 1.82) is 0 Å². The Morgan fingerprint density at radius 2 is 2.06 bits per heavy atom. The average Bonchev–Trinajstić information content (AvgIpc) is 3.52. The molecule has 3 atom stereocenters. The number of ketones is 1. The zero-order valence-electron chi connectivity index (χ0n) is 19.5. The normalized spacial score (nSPS) is 21.2. The van der Waals surface area contributed by atoms with E-state index in [2.05, 4.69) is 10.3 Å². The van der Waals surface area contributed by atoms with Gasteiger partial charge in [-0.2, -0.15) is 4.31 Å². The Labute approximate surface area is 203 Å². The number of carbonyl (C=O) groups is 3. The highest BCUT2D eigenvalue weighted by molar-refractivity contribution is 7.88. The molecule has 0 aliphatic carbocycles. The van der Waals surface area contributed by atoms with E-state index in [1.165, 1.54) is 27.7 Å². The number of fused-ring (bicyclic) bond motifs is 1. The van der Waals surface area contributed by atoms with Crippen LogP contribution < -0.4 is 10.1 Å². The van der Waals surface area contributed by atoms with E-state index in [0.717, 1.165) is 0 Å². The lowest BCUT2D eigenvalue weighted by Gasteiger charge is -2.28. The maximum Gasteiger partial charge on any atom is 0.415 e. The molecule has 2 aromatic heterocycles. The van der Waals surface area contributed by atoms with Crippen molar-refractivity contribution in [2.24, 2.45) is 5.92 Å². The molecular weight excluding hydrogens is 476 g/mol. The fraction of sp³-hybridized carbons (Fsp3) is 0.478. The molecule has 4 heterocycles. The summed E-state index contributed by atoms with van der Waals surface area (Å²) in [5, 5.41) is 2.57. The predicted molar refractivity (Wildman–Crippen MR) is 124 cm³/mol. The molecule has 11 nitrogen and oxygen atoms in total. The number of furan rings is 1. The highest BCUT2D eigenvalue weighted by Gasteiger charge is 2.54. The number of aromatic nitrogens is 1. The molecule has 4 rings (SSSR count). The lowest BCUT2D eigenvalue weighted by Crippen LogP contribution is -2.53. The maximum atomic E-state index is 13.5. The fourth-order valence-electron chi connectivity index (χ4n) is 4.61. The number of rotatable bonds is 8. The van der Waals surface area contributed by atoms with Crippen molar-refractivity contribution in [2.45, 2.75) is 50.6 Å². The van der Waals surface area contributed by atoms with Crippen molar-refractivity contribution in [3.05, 3.63) is 48.5 Å². The largest absolute Gasteiger partial charge is 0.434 e. The molecule has 2 fully saturated rings. The molecule has 1 N–H and O–H groups in total. The van der Waals surface area contributed by atoms with Crippen LogP contribution in [-0.4, -0.2) is 71.6 Å². The van der Waals surface area contributed by atoms with E-state index >= 15 is 0 Å². The van der Waals surface area contributed by atoms with E-state index in [1.807, 2.05) is 13.8 Å². The zero-order chi connectivity index (χ0) is 25.2. The van der Waals surface area contributed by atoms with Gasteiger partial charge in [-0.3, -0.25) is 14.6 Å². The summed E-state index contributed by atoms with van der Waals surface area (Å²) in [6, 6.07) is 5.55. The SMILES string of the molecule is CC(C)CC(NC(=O)Oc1ccco1)C(=O)N1CCC2C1C(=O)CN2S(=O)(=O)Cc1ccccn1. The fourth-order valence-corrected chi connectivity index (χ4v) is 6.28. The second kappa shape index (κ2) is 10.2. The zero-order valence-corrected chi connectivity index (χ0v) is 20.3. The minimum Gasteiger partial charge on any atom is -0.434 e. The van der Waals surface area contributed by atoms with Gasteiger partial charge in [0, 0.05) is 18.8 Å². The van der Waals surface area contributed by atoms with Gasteiger partial charge in [0.05, 0.1) is 24.5 Å². The second-order valence-corrected chi connectivity index (χ2v) is 11.0. The van der Waals surface area contributed by atoms with E-state index in [1.54, 1.807) is 24.3 Å². The summed E-state index contributed by atoms with van der Waals surface area (Å²) in [6.45, 7) is 3.72. The van der Waals surface area contributed by atoms with Crippen LogP contribution in [0, 0.1) is 5.92 Å². The summed E-state index contributed by atoms with van der Waals surface area (Å²) in [4.78, 5) is 44.2. The molecule has 3 unspecified atom stereocenters. The van der Waals surface area contributed by atoms with Crippen LogP contribution in [0.1, 0.15) is 32.4 Å². The summed E-state index contributed by atoms with van der Waals surface area (Å²) in [6.07, 6.45) is 2.65. The van der Waals surface area contributed by atoms with Gasteiger partial charge in [0.2, 0.25) is 15.9 Å². The van der Waals surface area contributed by atoms with Gasteiger partial charge >= 0.3 is 6.09 Å². The number of hydrogen-bond donors (Lipinski definition) is 1. The predicted octanol–water partition coefficient (Wildman–Crippen LogP) is 1.56. The van der Waals surface area contributed by atoms with Crippen molar-refractivity contribution in [1.82, 2.24) is 19.5 Å². The number of likely N-dealkylation sites (tertiary alicyclic amines) is 1. The molecule has 2 saturated heterocycles. The van der Waals surface area contributed by atoms with E-state index < -0.39 is 40.1 Å². The minimum atomic E-state index is -3.82. The first-order chi connectivity index (χ1) is 16.7. The third-order valence-corrected chi connectivity index (χ3v) is 7.83. The number of nitrogens with one attached hydrogen (secondary N) is 1. The van der Waals surface area contributed by atoms with Crippen LogP contribution in [0.5, 0.6) is 5.95 Å². The molecule has 12 heteroatoms. The molecule has 2 amide bonds. The topological polar surface area (TPSA) is 139 Å². The van der Waals surface area contributed by atoms with Gasteiger partial charge in [0.25, 0.3) is 5.95 Å². The van der Waals surface area contributed by atoms with Crippen molar-refractivity contribution < 1.29 is 32.0 Å². The van der Waals surface area contributed by atoms with Crippen LogP contribution in [0.2, 0.25) is 0 Å². The van der Waals surface area contributed by atoms with E-state index in [9.17, 15) is 22.8 Å². The van der Waals surface area contributed by atoms with Crippen molar-refractivity contribution >= 4 is 27.8 Å². The molecule has 2 aromatic rings. The number of amides is 2. The molecular formula is C23H28N4O7S. The van der Waals surface area contributed by atoms with Gasteiger partial charge in [-0.15, -0.1) is 0 Å². The molecule has 0 spiro atoms. The van der Waals surface area contributed by atoms with Gasteiger partial charge < -0.3 is 19.4 Å². The number of pyridine rings is 1. The first-order valence-corrected chi connectivity index (χ1v) is 13.0. The Bertz CT molecular complexity index is 1170. The number of Topliss-reactive ketones (excluding diaryl/α,β-unsaturated/α-hetero) is 1. The van der Waals surface area contributed by atoms with Crippen LogP contribution in [0.4, 0.5) is 4.79 Å². The second-order valence-electron chi connectivity index (χ2n) is 9.07. The lowest BCUT2D eigenvalue weighted by molar-refractivity contribution is -0.138. The van der Waals surface area contributed by atoms with E-state index in [0.29, 0.717) is 18.5 Å². The van der Waals surface area contributed by atoms with Crippen LogP contribution in [-0.2, 0) is 25.4 Å². The Hall–Kier alpha value is -3.25. The summed E-state index contributed by atoms with van der Waals surface area (Å²) >= 11 is 0. The van der Waals surface area contributed by atoms with Gasteiger partial charge in [0.15, 0.2) is 5.78 Å². The summed E-state index contributed by atoms with van der Waals surface area (Å²) in [7, 11) is -3.82. The highest BCUT2D eigenvalue weighted by Crippen LogP contribution is 2.33. The maximum absolute atomic E-state index is 13.5. The van der Waals surface area contributed by atoms with Crippen LogP contribution in [0.25, 0.3) is 0 Å². The highest BCUT2D eigenvalue weighted by atomic mass is 32.2. The van der Waals surface area contributed by atoms with Gasteiger partial charge in [-0.1, -0.05) is 19.9 Å². The third-order valence-electron chi connectivity index (χ3n) is 6.06. The monoisotopic (exact) mass is 504 g/mol. The Morgan fingerprint density at radius 1 is 1.26 bits per heavy atom. The Kier molecular flexibility index (Phi) is 7.22. The number of nitrogens with zero attached hydrogens (tertiary/aromatic N) is 3. The van der Waals surface area contributed by atoms with Crippen LogP contribution in [0.15, 0.2) is 47.2 Å². The molecule has 0 bridgehead atoms. The van der Waals surface area contributed by atoms with Crippen molar-refractivity contribution in [3.8, 4) is 5.95 Å². The van der Waals surface area contributed by atoms with Gasteiger partial charge in [-0.05, 0) is 37.0 Å². The van der Waals surface area contributed by atoms with Crippen LogP contribution >= 0.6 is 0 Å². The molecule has 2 aliphatic rings. The molecule has 0 aromatic carbocycles. The number of hydrogen-bond acceptors (Lipinski definition) is 8. The van der Waals surface area contributed by atoms with Gasteiger partial charge in [-0.25, -0.2) is 13.2 Å². The Morgan fingerprint density at radius 3 is 2.71 bits per heavy atom. The molecule has 35 heavy (non-hydrogen) atoms. The Balaban J connectivity index is 1.48. The first kappa shape index (κ1) is 24.9. The number of sulfonamides is 1. The standard InChI is InChI=1S/C23H28N4O7S/c1-15(2)12-17(25-23(30)34-20-7-5-11-33-20)22(29)26-10-8-18-21(26)19(28)13-27(18)35(31,32)14-16-6-3-4-9-24-16/h3-7,9,11,15,17-18,21H,8,10,12-14H2,1-2H3,(H,25,30).